The fraction of sp³-hybridized carbons (Fsp3) is 0.462. The van der Waals surface area contributed by atoms with Crippen molar-refractivity contribution >= 4 is 29.9 Å². The summed E-state index contributed by atoms with van der Waals surface area (Å²) >= 11 is 5.69. The molecule has 0 aromatic heterocycles. The lowest BCUT2D eigenvalue weighted by Crippen LogP contribution is -2.47. The van der Waals surface area contributed by atoms with E-state index in [0.29, 0.717) is 13.1 Å². The molecule has 0 saturated carbocycles. The summed E-state index contributed by atoms with van der Waals surface area (Å²) in [5.74, 6) is -0.911. The highest BCUT2D eigenvalue weighted by atomic mass is 35.5. The van der Waals surface area contributed by atoms with Gasteiger partial charge >= 0.3 is 0 Å². The van der Waals surface area contributed by atoms with Crippen LogP contribution in [0.25, 0.3) is 0 Å². The van der Waals surface area contributed by atoms with Gasteiger partial charge in [-0.05, 0) is 32.0 Å². The van der Waals surface area contributed by atoms with Crippen molar-refractivity contribution in [2.75, 3.05) is 20.1 Å². The first-order valence-corrected chi connectivity index (χ1v) is 6.42. The third kappa shape index (κ3) is 3.59. The van der Waals surface area contributed by atoms with Gasteiger partial charge < -0.3 is 10.2 Å². The molecule has 1 aliphatic rings. The number of nitrogens with zero attached hydrogens (tertiary/aromatic N) is 1. The lowest BCUT2D eigenvalue weighted by Gasteiger charge is -2.32. The van der Waals surface area contributed by atoms with Gasteiger partial charge in [0, 0.05) is 19.1 Å². The Labute approximate surface area is 123 Å². The number of carbonyl (C=O) groups excluding carboxylic acids is 1. The smallest absolute Gasteiger partial charge is 0.256 e. The maximum absolute atomic E-state index is 13.8. The summed E-state index contributed by atoms with van der Waals surface area (Å²) in [6.07, 6.45) is 1.97. The standard InChI is InChI=1S/C13H16ClFN2O.ClH/c1-16-9-4-3-7-17(8-9)13(18)10-5-2-6-11(14)12(10)15;/h2,5-6,9,16H,3-4,7-8H2,1H3;1H. The summed E-state index contributed by atoms with van der Waals surface area (Å²) in [5.41, 5.74) is 0.0549. The van der Waals surface area contributed by atoms with E-state index in [4.69, 9.17) is 11.6 Å². The van der Waals surface area contributed by atoms with Gasteiger partial charge in [0.1, 0.15) is 0 Å². The number of hydrogen-bond donors (Lipinski definition) is 1. The lowest BCUT2D eigenvalue weighted by molar-refractivity contribution is 0.0693. The first-order chi connectivity index (χ1) is 8.63. The van der Waals surface area contributed by atoms with Gasteiger partial charge in [-0.15, -0.1) is 12.4 Å². The third-order valence-electron chi connectivity index (χ3n) is 3.30. The minimum atomic E-state index is -0.629. The van der Waals surface area contributed by atoms with Crippen LogP contribution in [0.3, 0.4) is 0 Å². The summed E-state index contributed by atoms with van der Waals surface area (Å²) in [6, 6.07) is 4.80. The molecule has 1 aromatic carbocycles. The molecule has 1 aromatic rings. The molecule has 1 unspecified atom stereocenters. The van der Waals surface area contributed by atoms with Gasteiger partial charge in [-0.25, -0.2) is 4.39 Å². The highest BCUT2D eigenvalue weighted by Crippen LogP contribution is 2.21. The Morgan fingerprint density at radius 1 is 1.53 bits per heavy atom. The van der Waals surface area contributed by atoms with E-state index in [9.17, 15) is 9.18 Å². The maximum Gasteiger partial charge on any atom is 0.256 e. The van der Waals surface area contributed by atoms with Crippen LogP contribution in [0.15, 0.2) is 18.2 Å². The van der Waals surface area contributed by atoms with Crippen LogP contribution < -0.4 is 5.32 Å². The molecule has 0 aliphatic carbocycles. The Kier molecular flexibility index (Phi) is 6.04. The Bertz CT molecular complexity index is 456. The second-order valence-electron chi connectivity index (χ2n) is 4.48. The second kappa shape index (κ2) is 7.08. The molecule has 1 atom stereocenters. The average molecular weight is 307 g/mol. The SMILES string of the molecule is CNC1CCCN(C(=O)c2cccc(Cl)c2F)C1.Cl. The Hall–Kier alpha value is -0.840. The topological polar surface area (TPSA) is 32.3 Å². The van der Waals surface area contributed by atoms with Gasteiger partial charge in [0.2, 0.25) is 0 Å². The van der Waals surface area contributed by atoms with Gasteiger partial charge in [-0.1, -0.05) is 17.7 Å². The summed E-state index contributed by atoms with van der Waals surface area (Å²) < 4.78 is 13.8. The van der Waals surface area contributed by atoms with Crippen molar-refractivity contribution in [2.45, 2.75) is 18.9 Å². The number of nitrogens with one attached hydrogen (secondary N) is 1. The predicted octanol–water partition coefficient (Wildman–Crippen LogP) is 2.72. The molecule has 1 N–H and O–H groups in total. The van der Waals surface area contributed by atoms with Crippen molar-refractivity contribution in [3.8, 4) is 0 Å². The molecule has 1 amide bonds. The van der Waals surface area contributed by atoms with E-state index < -0.39 is 5.82 Å². The minimum Gasteiger partial charge on any atom is -0.337 e. The average Bonchev–Trinajstić information content (AvgIpc) is 2.41. The van der Waals surface area contributed by atoms with Crippen LogP contribution in [0.1, 0.15) is 23.2 Å². The summed E-state index contributed by atoms with van der Waals surface area (Å²) in [7, 11) is 1.87. The normalized spacial score (nSPS) is 18.9. The van der Waals surface area contributed by atoms with E-state index in [1.807, 2.05) is 7.05 Å². The van der Waals surface area contributed by atoms with Crippen molar-refractivity contribution < 1.29 is 9.18 Å². The molecule has 1 heterocycles. The van der Waals surface area contributed by atoms with Crippen molar-refractivity contribution in [1.82, 2.24) is 10.2 Å². The first-order valence-electron chi connectivity index (χ1n) is 6.04. The fourth-order valence-corrected chi connectivity index (χ4v) is 2.41. The van der Waals surface area contributed by atoms with Gasteiger partial charge in [0.15, 0.2) is 5.82 Å². The molecule has 0 spiro atoms. The van der Waals surface area contributed by atoms with Crippen LogP contribution in [0.5, 0.6) is 0 Å². The molecule has 1 aliphatic heterocycles. The van der Waals surface area contributed by atoms with Crippen molar-refractivity contribution in [2.24, 2.45) is 0 Å². The van der Waals surface area contributed by atoms with Gasteiger partial charge in [-0.2, -0.15) is 0 Å². The van der Waals surface area contributed by atoms with Crippen LogP contribution in [-0.4, -0.2) is 37.0 Å². The van der Waals surface area contributed by atoms with E-state index in [2.05, 4.69) is 5.32 Å². The lowest BCUT2D eigenvalue weighted by atomic mass is 10.0. The van der Waals surface area contributed by atoms with Gasteiger partial charge in [0.25, 0.3) is 5.91 Å². The van der Waals surface area contributed by atoms with Crippen LogP contribution in [0, 0.1) is 5.82 Å². The van der Waals surface area contributed by atoms with Crippen molar-refractivity contribution in [1.29, 1.82) is 0 Å². The predicted molar refractivity (Wildman–Crippen MR) is 76.6 cm³/mol. The highest BCUT2D eigenvalue weighted by Gasteiger charge is 2.25. The number of carbonyl (C=O) groups is 1. The largest absolute Gasteiger partial charge is 0.337 e. The molecule has 2 rings (SSSR count). The number of likely N-dealkylation sites (tertiary alicyclic amines) is 1. The monoisotopic (exact) mass is 306 g/mol. The number of amides is 1. The number of halogens is 3. The zero-order chi connectivity index (χ0) is 13.1. The van der Waals surface area contributed by atoms with E-state index in [-0.39, 0.29) is 34.9 Å². The van der Waals surface area contributed by atoms with E-state index in [1.165, 1.54) is 12.1 Å². The van der Waals surface area contributed by atoms with Crippen LogP contribution in [-0.2, 0) is 0 Å². The fourth-order valence-electron chi connectivity index (χ4n) is 2.24. The molecule has 106 valence electrons. The summed E-state index contributed by atoms with van der Waals surface area (Å²) in [5, 5.41) is 3.14. The van der Waals surface area contributed by atoms with Crippen molar-refractivity contribution in [3.63, 3.8) is 0 Å². The van der Waals surface area contributed by atoms with E-state index in [1.54, 1.807) is 11.0 Å². The van der Waals surface area contributed by atoms with Crippen LogP contribution in [0.2, 0.25) is 5.02 Å². The third-order valence-corrected chi connectivity index (χ3v) is 3.59. The zero-order valence-corrected chi connectivity index (χ0v) is 12.2. The molecule has 0 bridgehead atoms. The number of piperidine rings is 1. The molecule has 6 heteroatoms. The molecule has 19 heavy (non-hydrogen) atoms. The number of hydrogen-bond acceptors (Lipinski definition) is 2. The zero-order valence-electron chi connectivity index (χ0n) is 10.7. The Morgan fingerprint density at radius 2 is 2.26 bits per heavy atom. The van der Waals surface area contributed by atoms with Gasteiger partial charge in [-0.3, -0.25) is 4.79 Å². The molecule has 3 nitrogen and oxygen atoms in total. The highest BCUT2D eigenvalue weighted by molar-refractivity contribution is 6.31. The Morgan fingerprint density at radius 3 is 2.95 bits per heavy atom. The van der Waals surface area contributed by atoms with E-state index in [0.717, 1.165) is 12.8 Å². The summed E-state index contributed by atoms with van der Waals surface area (Å²) in [4.78, 5) is 13.9. The maximum atomic E-state index is 13.8. The number of rotatable bonds is 2. The molecular formula is C13H17Cl2FN2O. The molecule has 1 fully saturated rings. The number of benzene rings is 1. The Balaban J connectivity index is 0.00000180. The van der Waals surface area contributed by atoms with E-state index >= 15 is 0 Å². The van der Waals surface area contributed by atoms with Crippen LogP contribution in [0.4, 0.5) is 4.39 Å². The molecule has 1 saturated heterocycles. The van der Waals surface area contributed by atoms with Crippen LogP contribution >= 0.6 is 24.0 Å². The molecular weight excluding hydrogens is 290 g/mol. The first kappa shape index (κ1) is 16.2. The van der Waals surface area contributed by atoms with Crippen molar-refractivity contribution in [3.05, 3.63) is 34.6 Å². The second-order valence-corrected chi connectivity index (χ2v) is 4.89. The minimum absolute atomic E-state index is 0. The quantitative estimate of drug-likeness (QED) is 0.911. The van der Waals surface area contributed by atoms with Gasteiger partial charge in [0.05, 0.1) is 10.6 Å². The summed E-state index contributed by atoms with van der Waals surface area (Å²) in [6.45, 7) is 1.28. The number of likely N-dealkylation sites (N-methyl/N-ethyl adjacent to an activating group) is 1. The molecule has 0 radical (unpaired) electrons.